The van der Waals surface area contributed by atoms with Gasteiger partial charge in [-0.3, -0.25) is 4.90 Å². The topological polar surface area (TPSA) is 15.3 Å². The van der Waals surface area contributed by atoms with Crippen molar-refractivity contribution in [3.8, 4) is 0 Å². The highest BCUT2D eigenvalue weighted by Crippen LogP contribution is 2.18. The van der Waals surface area contributed by atoms with Crippen LogP contribution in [0.25, 0.3) is 0 Å². The first-order valence-corrected chi connectivity index (χ1v) is 8.07. The summed E-state index contributed by atoms with van der Waals surface area (Å²) in [7, 11) is 0. The van der Waals surface area contributed by atoms with Gasteiger partial charge in [0.05, 0.1) is 0 Å². The Hall–Kier alpha value is -0.860. The Morgan fingerprint density at radius 1 is 1.25 bits per heavy atom. The maximum Gasteiger partial charge on any atom is 0.0239 e. The van der Waals surface area contributed by atoms with E-state index in [1.54, 1.807) is 0 Å². The Morgan fingerprint density at radius 2 is 1.95 bits per heavy atom. The zero-order valence-corrected chi connectivity index (χ0v) is 13.6. The van der Waals surface area contributed by atoms with Gasteiger partial charge < -0.3 is 5.32 Å². The second-order valence-electron chi connectivity index (χ2n) is 6.74. The summed E-state index contributed by atoms with van der Waals surface area (Å²) < 4.78 is 0. The lowest BCUT2D eigenvalue weighted by atomic mass is 10.0. The van der Waals surface area contributed by atoms with Gasteiger partial charge >= 0.3 is 0 Å². The lowest BCUT2D eigenvalue weighted by Gasteiger charge is -2.26. The molecule has 0 aliphatic carbocycles. The van der Waals surface area contributed by atoms with Crippen LogP contribution in [0, 0.1) is 19.8 Å². The number of nitrogens with zero attached hydrogens (tertiary/aromatic N) is 1. The molecule has 0 aromatic heterocycles. The molecule has 2 rings (SSSR count). The van der Waals surface area contributed by atoms with Crippen molar-refractivity contribution in [1.82, 2.24) is 10.2 Å². The van der Waals surface area contributed by atoms with Crippen LogP contribution in [0.5, 0.6) is 0 Å². The number of rotatable bonds is 4. The molecule has 112 valence electrons. The number of nitrogens with one attached hydrogen (secondary N) is 1. The minimum absolute atomic E-state index is 0.654. The van der Waals surface area contributed by atoms with Crippen LogP contribution < -0.4 is 5.32 Å². The van der Waals surface area contributed by atoms with Crippen molar-refractivity contribution in [2.24, 2.45) is 5.92 Å². The fraction of sp³-hybridized carbons (Fsp3) is 0.667. The largest absolute Gasteiger partial charge is 0.313 e. The van der Waals surface area contributed by atoms with Crippen LogP contribution in [-0.4, -0.2) is 30.6 Å². The number of aryl methyl sites for hydroxylation is 2. The van der Waals surface area contributed by atoms with Crippen LogP contribution in [0.1, 0.15) is 43.4 Å². The molecule has 1 aromatic rings. The standard InChI is InChI=1S/C18H30N2/c1-14(2)11-17-12-20(10-6-9-19-17)13-18-15(3)7-5-8-16(18)4/h5,7-8,14,17,19H,6,9-13H2,1-4H3. The van der Waals surface area contributed by atoms with Crippen molar-refractivity contribution >= 4 is 0 Å². The Morgan fingerprint density at radius 3 is 2.60 bits per heavy atom. The maximum absolute atomic E-state index is 3.72. The molecule has 20 heavy (non-hydrogen) atoms. The van der Waals surface area contributed by atoms with E-state index in [1.807, 2.05) is 0 Å². The van der Waals surface area contributed by atoms with Gasteiger partial charge in [0, 0.05) is 19.1 Å². The van der Waals surface area contributed by atoms with Gasteiger partial charge in [-0.15, -0.1) is 0 Å². The molecule has 0 saturated carbocycles. The Kier molecular flexibility index (Phi) is 5.62. The molecule has 1 aliphatic heterocycles. The molecule has 2 heteroatoms. The van der Waals surface area contributed by atoms with Crippen molar-refractivity contribution in [3.05, 3.63) is 34.9 Å². The second kappa shape index (κ2) is 7.24. The Bertz CT molecular complexity index is 405. The fourth-order valence-corrected chi connectivity index (χ4v) is 3.27. The summed E-state index contributed by atoms with van der Waals surface area (Å²) in [5.41, 5.74) is 4.39. The average molecular weight is 274 g/mol. The van der Waals surface area contributed by atoms with Crippen LogP contribution in [0.4, 0.5) is 0 Å². The normalized spacial score (nSPS) is 21.1. The Balaban J connectivity index is 2.03. The van der Waals surface area contributed by atoms with Crippen LogP contribution in [0.15, 0.2) is 18.2 Å². The predicted molar refractivity (Wildman–Crippen MR) is 87.1 cm³/mol. The first kappa shape index (κ1) is 15.5. The van der Waals surface area contributed by atoms with E-state index in [4.69, 9.17) is 0 Å². The predicted octanol–water partition coefficient (Wildman–Crippen LogP) is 3.51. The molecule has 1 heterocycles. The van der Waals surface area contributed by atoms with Gasteiger partial charge in [-0.25, -0.2) is 0 Å². The monoisotopic (exact) mass is 274 g/mol. The van der Waals surface area contributed by atoms with Crippen molar-refractivity contribution in [1.29, 1.82) is 0 Å². The molecule has 1 N–H and O–H groups in total. The van der Waals surface area contributed by atoms with Gasteiger partial charge in [0.25, 0.3) is 0 Å². The lowest BCUT2D eigenvalue weighted by Crippen LogP contribution is -2.38. The molecule has 1 atom stereocenters. The molecule has 1 saturated heterocycles. The summed E-state index contributed by atoms with van der Waals surface area (Å²) in [5.74, 6) is 0.771. The van der Waals surface area contributed by atoms with Crippen LogP contribution in [-0.2, 0) is 6.54 Å². The summed E-state index contributed by atoms with van der Waals surface area (Å²) in [6, 6.07) is 7.30. The van der Waals surface area contributed by atoms with Crippen LogP contribution in [0.3, 0.4) is 0 Å². The fourth-order valence-electron chi connectivity index (χ4n) is 3.27. The Labute approximate surface area is 124 Å². The highest BCUT2D eigenvalue weighted by Gasteiger charge is 2.19. The zero-order chi connectivity index (χ0) is 14.5. The highest BCUT2D eigenvalue weighted by atomic mass is 15.2. The van der Waals surface area contributed by atoms with Crippen molar-refractivity contribution in [3.63, 3.8) is 0 Å². The van der Waals surface area contributed by atoms with E-state index >= 15 is 0 Å². The van der Waals surface area contributed by atoms with E-state index in [1.165, 1.54) is 49.2 Å². The molecule has 0 bridgehead atoms. The maximum atomic E-state index is 3.72. The van der Waals surface area contributed by atoms with E-state index in [-0.39, 0.29) is 0 Å². The van der Waals surface area contributed by atoms with Gasteiger partial charge in [-0.05, 0) is 62.4 Å². The third-order valence-corrected chi connectivity index (χ3v) is 4.34. The molecule has 0 amide bonds. The van der Waals surface area contributed by atoms with Crippen molar-refractivity contribution < 1.29 is 0 Å². The highest BCUT2D eigenvalue weighted by molar-refractivity contribution is 5.33. The summed E-state index contributed by atoms with van der Waals surface area (Å²) >= 11 is 0. The molecule has 1 aliphatic rings. The summed E-state index contributed by atoms with van der Waals surface area (Å²) in [4.78, 5) is 2.64. The third kappa shape index (κ3) is 4.32. The molecular weight excluding hydrogens is 244 g/mol. The number of benzene rings is 1. The first-order valence-electron chi connectivity index (χ1n) is 8.07. The second-order valence-corrected chi connectivity index (χ2v) is 6.74. The quantitative estimate of drug-likeness (QED) is 0.904. The van der Waals surface area contributed by atoms with Gasteiger partial charge in [0.15, 0.2) is 0 Å². The van der Waals surface area contributed by atoms with E-state index in [9.17, 15) is 0 Å². The SMILES string of the molecule is Cc1cccc(C)c1CN1CCCNC(CC(C)C)C1. The van der Waals surface area contributed by atoms with Gasteiger partial charge in [-0.2, -0.15) is 0 Å². The van der Waals surface area contributed by atoms with E-state index in [0.717, 1.165) is 12.5 Å². The van der Waals surface area contributed by atoms with Gasteiger partial charge in [0.2, 0.25) is 0 Å². The zero-order valence-electron chi connectivity index (χ0n) is 13.6. The smallest absolute Gasteiger partial charge is 0.0239 e. The number of hydrogen-bond acceptors (Lipinski definition) is 2. The van der Waals surface area contributed by atoms with Crippen LogP contribution in [0.2, 0.25) is 0 Å². The molecule has 0 radical (unpaired) electrons. The first-order chi connectivity index (χ1) is 9.56. The van der Waals surface area contributed by atoms with Gasteiger partial charge in [0.1, 0.15) is 0 Å². The number of hydrogen-bond donors (Lipinski definition) is 1. The molecular formula is C18H30N2. The van der Waals surface area contributed by atoms with Gasteiger partial charge in [-0.1, -0.05) is 32.0 Å². The van der Waals surface area contributed by atoms with Crippen molar-refractivity contribution in [2.75, 3.05) is 19.6 Å². The minimum atomic E-state index is 0.654. The minimum Gasteiger partial charge on any atom is -0.313 e. The summed E-state index contributed by atoms with van der Waals surface area (Å²) in [6.07, 6.45) is 2.54. The summed E-state index contributed by atoms with van der Waals surface area (Å²) in [6.45, 7) is 13.8. The van der Waals surface area contributed by atoms with E-state index in [0.29, 0.717) is 6.04 Å². The summed E-state index contributed by atoms with van der Waals surface area (Å²) in [5, 5.41) is 3.72. The van der Waals surface area contributed by atoms with Crippen molar-refractivity contribution in [2.45, 2.75) is 53.1 Å². The molecule has 1 fully saturated rings. The lowest BCUT2D eigenvalue weighted by molar-refractivity contribution is 0.247. The van der Waals surface area contributed by atoms with E-state index < -0.39 is 0 Å². The average Bonchev–Trinajstić information content (AvgIpc) is 2.58. The van der Waals surface area contributed by atoms with E-state index in [2.05, 4.69) is 56.1 Å². The molecule has 1 unspecified atom stereocenters. The third-order valence-electron chi connectivity index (χ3n) is 4.34. The molecule has 0 spiro atoms. The molecule has 2 nitrogen and oxygen atoms in total. The van der Waals surface area contributed by atoms with Crippen LogP contribution >= 0.6 is 0 Å². The molecule has 1 aromatic carbocycles.